The highest BCUT2D eigenvalue weighted by atomic mass is 35.5. The number of alkyl halides is 2. The van der Waals surface area contributed by atoms with Crippen LogP contribution in [0.25, 0.3) is 17.2 Å². The first-order chi connectivity index (χ1) is 24.9. The fourth-order valence-electron chi connectivity index (χ4n) is 6.62. The molecule has 2 saturated heterocycles. The van der Waals surface area contributed by atoms with Gasteiger partial charge in [-0.05, 0) is 61.8 Å². The van der Waals surface area contributed by atoms with Crippen molar-refractivity contribution in [2.45, 2.75) is 134 Å². The van der Waals surface area contributed by atoms with Crippen molar-refractivity contribution in [3.8, 4) is 6.01 Å². The van der Waals surface area contributed by atoms with E-state index in [0.717, 1.165) is 6.04 Å². The molecule has 5 atom stereocenters. The highest BCUT2D eigenvalue weighted by Gasteiger charge is 2.53. The zero-order valence-corrected chi connectivity index (χ0v) is 35.6. The Balaban J connectivity index is 1.28. The molecule has 298 valence electrons. The third kappa shape index (κ3) is 8.88. The maximum atomic E-state index is 15.6. The lowest BCUT2D eigenvalue weighted by Crippen LogP contribution is -2.47. The Morgan fingerprint density at radius 2 is 1.70 bits per heavy atom. The zero-order chi connectivity index (χ0) is 39.6. The number of nitrogens with one attached hydrogen (secondary N) is 1. The van der Waals surface area contributed by atoms with Gasteiger partial charge in [0, 0.05) is 32.2 Å². The number of imidazole rings is 1. The Morgan fingerprint density at radius 1 is 1.04 bits per heavy atom. The summed E-state index contributed by atoms with van der Waals surface area (Å²) in [5, 5.41) is 13.2. The third-order valence-electron chi connectivity index (χ3n) is 10.7. The monoisotopic (exact) mass is 810 g/mol. The van der Waals surface area contributed by atoms with Gasteiger partial charge in [0.05, 0.1) is 36.0 Å². The second-order valence-electron chi connectivity index (χ2n) is 18.1. The molecular formula is C38H54ClF3N4O6Si2. The quantitative estimate of drug-likeness (QED) is 0.129. The van der Waals surface area contributed by atoms with Crippen molar-refractivity contribution in [2.24, 2.45) is 0 Å². The van der Waals surface area contributed by atoms with Crippen LogP contribution >= 0.6 is 11.6 Å². The Kier molecular flexibility index (Phi) is 11.3. The third-order valence-corrected chi connectivity index (χ3v) is 17.2. The Bertz CT molecular complexity index is 1890. The topological polar surface area (TPSA) is 109 Å². The minimum atomic E-state index is -3.33. The van der Waals surface area contributed by atoms with Crippen LogP contribution in [0.1, 0.15) is 63.8 Å². The van der Waals surface area contributed by atoms with Crippen molar-refractivity contribution in [1.29, 1.82) is 0 Å². The van der Waals surface area contributed by atoms with E-state index in [9.17, 15) is 5.11 Å². The van der Waals surface area contributed by atoms with Gasteiger partial charge in [-0.3, -0.25) is 4.57 Å². The van der Waals surface area contributed by atoms with Crippen molar-refractivity contribution < 1.29 is 41.7 Å². The van der Waals surface area contributed by atoms with Gasteiger partial charge in [-0.15, -0.1) is 0 Å². The van der Waals surface area contributed by atoms with Crippen LogP contribution < -0.4 is 10.1 Å². The van der Waals surface area contributed by atoms with E-state index in [4.69, 9.17) is 44.9 Å². The smallest absolute Gasteiger partial charge is 0.301 e. The van der Waals surface area contributed by atoms with E-state index in [2.05, 4.69) is 58.8 Å². The van der Waals surface area contributed by atoms with Gasteiger partial charge in [-0.1, -0.05) is 64.2 Å². The van der Waals surface area contributed by atoms with Crippen molar-refractivity contribution in [3.63, 3.8) is 0 Å². The van der Waals surface area contributed by atoms with Gasteiger partial charge in [-0.2, -0.15) is 4.98 Å². The molecule has 2 aromatic heterocycles. The predicted molar refractivity (Wildman–Crippen MR) is 209 cm³/mol. The number of aliphatic hydroxyl groups is 1. The molecule has 16 heteroatoms. The second-order valence-corrected chi connectivity index (χ2v) is 28.8. The molecule has 2 aliphatic heterocycles. The zero-order valence-electron chi connectivity index (χ0n) is 32.9. The second kappa shape index (κ2) is 14.8. The summed E-state index contributed by atoms with van der Waals surface area (Å²) < 4.78 is 79.9. The van der Waals surface area contributed by atoms with E-state index in [-0.39, 0.29) is 64.7 Å². The molecular weight excluding hydrogens is 757 g/mol. The van der Waals surface area contributed by atoms with Crippen LogP contribution in [0.2, 0.25) is 48.8 Å². The number of fused-ring (bicyclic) bond motifs is 3. The minimum Gasteiger partial charge on any atom is -0.456 e. The molecule has 2 fully saturated rings. The summed E-state index contributed by atoms with van der Waals surface area (Å²) in [4.78, 5) is 9.48. The summed E-state index contributed by atoms with van der Waals surface area (Å²) in [5.74, 6) is -4.03. The normalized spacial score (nSPS) is 24.5. The van der Waals surface area contributed by atoms with E-state index in [1.54, 1.807) is 24.5 Å². The number of nitrogens with zero attached hydrogens (tertiary/aromatic N) is 3. The molecule has 0 bridgehead atoms. The summed E-state index contributed by atoms with van der Waals surface area (Å²) in [5.41, 5.74) is -0.800. The van der Waals surface area contributed by atoms with E-state index in [1.807, 2.05) is 0 Å². The van der Waals surface area contributed by atoms with Gasteiger partial charge in [0.25, 0.3) is 5.92 Å². The molecule has 2 N–H and O–H groups in total. The number of rotatable bonds is 13. The summed E-state index contributed by atoms with van der Waals surface area (Å²) >= 11 is 6.70. The first kappa shape index (κ1) is 41.1. The summed E-state index contributed by atoms with van der Waals surface area (Å²) in [6.07, 6.45) is 0.780. The van der Waals surface area contributed by atoms with Crippen molar-refractivity contribution in [2.75, 3.05) is 25.1 Å². The Labute approximate surface area is 322 Å². The molecule has 1 unspecified atom stereocenters. The summed E-state index contributed by atoms with van der Waals surface area (Å²) in [6, 6.07) is 4.04. The fraction of sp³-hybridized carbons (Fsp3) is 0.632. The largest absolute Gasteiger partial charge is 0.456 e. The van der Waals surface area contributed by atoms with Crippen LogP contribution in [0.3, 0.4) is 0 Å². The molecule has 10 nitrogen and oxygen atoms in total. The number of pyridine rings is 1. The highest BCUT2D eigenvalue weighted by molar-refractivity contribution is 6.76. The molecule has 54 heavy (non-hydrogen) atoms. The average Bonchev–Trinajstić information content (AvgIpc) is 3.76. The van der Waals surface area contributed by atoms with Crippen LogP contribution in [0.5, 0.6) is 6.01 Å². The lowest BCUT2D eigenvalue weighted by atomic mass is 10.0. The molecule has 3 aromatic rings. The van der Waals surface area contributed by atoms with Crippen molar-refractivity contribution in [3.05, 3.63) is 51.8 Å². The molecule has 0 saturated carbocycles. The van der Waals surface area contributed by atoms with E-state index < -0.39 is 57.9 Å². The number of hydrogen-bond acceptors (Lipinski definition) is 9. The number of halogens is 4. The molecule has 0 radical (unpaired) electrons. The van der Waals surface area contributed by atoms with Gasteiger partial charge in [-0.25, -0.2) is 18.2 Å². The molecule has 3 aliphatic rings. The average molecular weight is 811 g/mol. The highest BCUT2D eigenvalue weighted by Crippen LogP contribution is 2.50. The SMILES string of the molecule is CC(C)(O)/C=C/c1cc(F)c2c(c1)C(F)(F)CC2Nc1nc2c(cc1Cl)nc(O[C@@H]1CO[C@H]3[C@@H]1OC[C@H]3O[Si](C)(C)C(C)(C)C)n2COCC[Si](C)(C)C. The standard InChI is InChI=1S/C38H54ClF3N4O6Si2/c1-36(2,3)54(9,10)52-29-20-50-31-28(19-49-32(29)31)51-35-44-26-17-24(39)33(45-34(26)46(35)21-48-13-14-53(6,7)8)43-27-18-38(41,42)23-15-22(11-12-37(4,5)47)16-25(40)30(23)27/h11-12,15-17,27-29,31-32,47H,13-14,18-21H2,1-10H3,(H,43,45)/b12-11+/t27?,28-,29-,31-,32-/m1/s1. The van der Waals surface area contributed by atoms with Crippen molar-refractivity contribution >= 4 is 51.0 Å². The maximum Gasteiger partial charge on any atom is 0.301 e. The minimum absolute atomic E-state index is 0.0253. The molecule has 0 spiro atoms. The summed E-state index contributed by atoms with van der Waals surface area (Å²) in [6.45, 7) is 22.1. The van der Waals surface area contributed by atoms with Crippen LogP contribution in [-0.4, -0.2) is 85.9 Å². The van der Waals surface area contributed by atoms with Gasteiger partial charge >= 0.3 is 6.01 Å². The maximum absolute atomic E-state index is 15.6. The number of benzene rings is 1. The number of hydrogen-bond donors (Lipinski definition) is 2. The van der Waals surface area contributed by atoms with E-state index in [1.165, 1.54) is 24.3 Å². The molecule has 4 heterocycles. The van der Waals surface area contributed by atoms with Crippen LogP contribution in [0.15, 0.2) is 24.3 Å². The van der Waals surface area contributed by atoms with Gasteiger partial charge < -0.3 is 33.8 Å². The predicted octanol–water partition coefficient (Wildman–Crippen LogP) is 8.90. The van der Waals surface area contributed by atoms with E-state index in [0.29, 0.717) is 24.4 Å². The molecule has 1 aromatic carbocycles. The molecule has 1 aliphatic carbocycles. The van der Waals surface area contributed by atoms with Gasteiger partial charge in [0.15, 0.2) is 20.1 Å². The summed E-state index contributed by atoms with van der Waals surface area (Å²) in [7, 11) is -3.49. The Hall–Kier alpha value is -2.51. The molecule has 0 amide bonds. The van der Waals surface area contributed by atoms with Crippen LogP contribution in [0, 0.1) is 5.82 Å². The van der Waals surface area contributed by atoms with E-state index >= 15 is 13.2 Å². The first-order valence-corrected chi connectivity index (χ1v) is 25.5. The Morgan fingerprint density at radius 3 is 2.35 bits per heavy atom. The van der Waals surface area contributed by atoms with Crippen LogP contribution in [-0.2, 0) is 31.3 Å². The molecule has 6 rings (SSSR count). The first-order valence-electron chi connectivity index (χ1n) is 18.5. The fourth-order valence-corrected chi connectivity index (χ4v) is 8.89. The van der Waals surface area contributed by atoms with Crippen LogP contribution in [0.4, 0.5) is 19.0 Å². The van der Waals surface area contributed by atoms with Gasteiger partial charge in [0.2, 0.25) is 0 Å². The lowest BCUT2D eigenvalue weighted by Gasteiger charge is -2.39. The van der Waals surface area contributed by atoms with Crippen molar-refractivity contribution in [1.82, 2.24) is 14.5 Å². The number of aromatic nitrogens is 3. The number of ether oxygens (including phenoxy) is 4. The lowest BCUT2D eigenvalue weighted by molar-refractivity contribution is -0.00532. The number of anilines is 1. The van der Waals surface area contributed by atoms with Gasteiger partial charge in [0.1, 0.15) is 36.1 Å².